The Balaban J connectivity index is 2.58. The molecule has 0 atom stereocenters. The van der Waals surface area contributed by atoms with E-state index in [1.165, 1.54) is 10.7 Å². The van der Waals surface area contributed by atoms with E-state index in [0.29, 0.717) is 5.82 Å². The lowest BCUT2D eigenvalue weighted by molar-refractivity contribution is 0.0686. The summed E-state index contributed by atoms with van der Waals surface area (Å²) in [7, 11) is 1.58. The Morgan fingerprint density at radius 2 is 1.89 bits per heavy atom. The van der Waals surface area contributed by atoms with E-state index >= 15 is 0 Å². The van der Waals surface area contributed by atoms with E-state index in [4.69, 9.17) is 10.8 Å². The summed E-state index contributed by atoms with van der Waals surface area (Å²) in [6.45, 7) is 0. The second kappa shape index (κ2) is 4.10. The number of aromatic nitrogens is 2. The van der Waals surface area contributed by atoms with Crippen LogP contribution in [-0.4, -0.2) is 20.9 Å². The summed E-state index contributed by atoms with van der Waals surface area (Å²) in [5.41, 5.74) is 4.96. The SMILES string of the molecule is Cn1nc(-c2cc(F)c(C(=O)O)c(F)c2)cc1N. The maximum absolute atomic E-state index is 13.5. The number of carbonyl (C=O) groups is 1. The molecule has 2 aromatic rings. The Bertz CT molecular complexity index is 595. The molecule has 18 heavy (non-hydrogen) atoms. The van der Waals surface area contributed by atoms with Crippen LogP contribution in [0.4, 0.5) is 14.6 Å². The fraction of sp³-hybridized carbons (Fsp3) is 0.0909. The van der Waals surface area contributed by atoms with Gasteiger partial charge in [0.2, 0.25) is 0 Å². The zero-order chi connectivity index (χ0) is 13.4. The molecule has 0 spiro atoms. The molecule has 1 heterocycles. The molecular weight excluding hydrogens is 244 g/mol. The van der Waals surface area contributed by atoms with E-state index < -0.39 is 23.2 Å². The van der Waals surface area contributed by atoms with Crippen LogP contribution in [0.3, 0.4) is 0 Å². The van der Waals surface area contributed by atoms with Crippen LogP contribution in [0.2, 0.25) is 0 Å². The van der Waals surface area contributed by atoms with Gasteiger partial charge in [-0.3, -0.25) is 4.68 Å². The zero-order valence-electron chi connectivity index (χ0n) is 9.32. The molecule has 0 fully saturated rings. The van der Waals surface area contributed by atoms with Crippen molar-refractivity contribution >= 4 is 11.8 Å². The van der Waals surface area contributed by atoms with Crippen LogP contribution in [0, 0.1) is 11.6 Å². The largest absolute Gasteiger partial charge is 0.477 e. The number of nitrogens with two attached hydrogens (primary N) is 1. The van der Waals surface area contributed by atoms with Crippen LogP contribution in [0.5, 0.6) is 0 Å². The smallest absolute Gasteiger partial charge is 0.341 e. The van der Waals surface area contributed by atoms with Gasteiger partial charge in [0, 0.05) is 18.7 Å². The number of aromatic carboxylic acids is 1. The van der Waals surface area contributed by atoms with E-state index in [2.05, 4.69) is 5.10 Å². The topological polar surface area (TPSA) is 81.1 Å². The number of carboxylic acid groups (broad SMARTS) is 1. The van der Waals surface area contributed by atoms with Gasteiger partial charge in [0.15, 0.2) is 0 Å². The molecule has 0 radical (unpaired) electrons. The minimum atomic E-state index is -1.66. The Morgan fingerprint density at radius 3 is 2.28 bits per heavy atom. The summed E-state index contributed by atoms with van der Waals surface area (Å²) in [6.07, 6.45) is 0. The van der Waals surface area contributed by atoms with Crippen molar-refractivity contribution in [3.63, 3.8) is 0 Å². The first kappa shape index (κ1) is 12.0. The molecule has 0 saturated carbocycles. The molecule has 1 aromatic carbocycles. The summed E-state index contributed by atoms with van der Waals surface area (Å²) in [5, 5.41) is 12.6. The highest BCUT2D eigenvalue weighted by Gasteiger charge is 2.19. The van der Waals surface area contributed by atoms with E-state index in [1.807, 2.05) is 0 Å². The van der Waals surface area contributed by atoms with Crippen molar-refractivity contribution in [1.82, 2.24) is 9.78 Å². The highest BCUT2D eigenvalue weighted by Crippen LogP contribution is 2.24. The number of aryl methyl sites for hydroxylation is 1. The van der Waals surface area contributed by atoms with E-state index in [9.17, 15) is 13.6 Å². The van der Waals surface area contributed by atoms with Crippen molar-refractivity contribution < 1.29 is 18.7 Å². The Hall–Kier alpha value is -2.44. The lowest BCUT2D eigenvalue weighted by Gasteiger charge is -2.02. The first-order valence-corrected chi connectivity index (χ1v) is 4.92. The maximum atomic E-state index is 13.5. The van der Waals surface area contributed by atoms with Crippen molar-refractivity contribution in [2.24, 2.45) is 7.05 Å². The summed E-state index contributed by atoms with van der Waals surface area (Å²) in [6, 6.07) is 3.26. The quantitative estimate of drug-likeness (QED) is 0.852. The van der Waals surface area contributed by atoms with Gasteiger partial charge < -0.3 is 10.8 Å². The third-order valence-electron chi connectivity index (χ3n) is 2.47. The predicted molar refractivity (Wildman–Crippen MR) is 59.9 cm³/mol. The second-order valence-electron chi connectivity index (χ2n) is 3.70. The Labute approximate surface area is 100 Å². The van der Waals surface area contributed by atoms with Gasteiger partial charge in [-0.2, -0.15) is 5.10 Å². The molecule has 0 unspecified atom stereocenters. The summed E-state index contributed by atoms with van der Waals surface area (Å²) in [5.74, 6) is -3.63. The van der Waals surface area contributed by atoms with Gasteiger partial charge in [0.25, 0.3) is 0 Å². The van der Waals surface area contributed by atoms with E-state index in [1.54, 1.807) is 7.05 Å². The summed E-state index contributed by atoms with van der Waals surface area (Å²) in [4.78, 5) is 10.6. The second-order valence-corrected chi connectivity index (χ2v) is 3.70. The third kappa shape index (κ3) is 1.90. The normalized spacial score (nSPS) is 10.6. The molecule has 7 heteroatoms. The lowest BCUT2D eigenvalue weighted by atomic mass is 10.1. The molecule has 0 bridgehead atoms. The molecule has 0 aliphatic heterocycles. The standard InChI is InChI=1S/C11H9F2N3O2/c1-16-9(14)4-8(15-16)5-2-6(12)10(11(17)18)7(13)3-5/h2-4H,14H2,1H3,(H,17,18). The molecule has 1 aromatic heterocycles. The Morgan fingerprint density at radius 1 is 1.33 bits per heavy atom. The van der Waals surface area contributed by atoms with Crippen LogP contribution in [0.15, 0.2) is 18.2 Å². The van der Waals surface area contributed by atoms with Crippen LogP contribution < -0.4 is 5.73 Å². The molecule has 5 nitrogen and oxygen atoms in total. The first-order chi connectivity index (χ1) is 8.40. The lowest BCUT2D eigenvalue weighted by Crippen LogP contribution is -2.05. The number of anilines is 1. The summed E-state index contributed by atoms with van der Waals surface area (Å²) >= 11 is 0. The molecule has 2 rings (SSSR count). The van der Waals surface area contributed by atoms with Gasteiger partial charge in [-0.05, 0) is 12.1 Å². The number of hydrogen-bond acceptors (Lipinski definition) is 3. The molecule has 0 saturated heterocycles. The van der Waals surface area contributed by atoms with Crippen molar-refractivity contribution in [2.45, 2.75) is 0 Å². The van der Waals surface area contributed by atoms with Gasteiger partial charge in [-0.1, -0.05) is 0 Å². The number of hydrogen-bond donors (Lipinski definition) is 2. The monoisotopic (exact) mass is 253 g/mol. The number of halogens is 2. The average molecular weight is 253 g/mol. The van der Waals surface area contributed by atoms with Crippen LogP contribution in [0.25, 0.3) is 11.3 Å². The number of benzene rings is 1. The Kier molecular flexibility index (Phi) is 2.74. The van der Waals surface area contributed by atoms with Gasteiger partial charge in [0.05, 0.1) is 5.69 Å². The fourth-order valence-corrected chi connectivity index (χ4v) is 1.55. The van der Waals surface area contributed by atoms with Gasteiger partial charge in [-0.15, -0.1) is 0 Å². The van der Waals surface area contributed by atoms with Gasteiger partial charge in [-0.25, -0.2) is 13.6 Å². The third-order valence-corrected chi connectivity index (χ3v) is 2.47. The summed E-state index contributed by atoms with van der Waals surface area (Å²) < 4.78 is 28.3. The fourth-order valence-electron chi connectivity index (χ4n) is 1.55. The highest BCUT2D eigenvalue weighted by molar-refractivity contribution is 5.89. The first-order valence-electron chi connectivity index (χ1n) is 4.92. The van der Waals surface area contributed by atoms with E-state index in [-0.39, 0.29) is 11.3 Å². The van der Waals surface area contributed by atoms with Crippen molar-refractivity contribution in [1.29, 1.82) is 0 Å². The number of nitrogens with zero attached hydrogens (tertiary/aromatic N) is 2. The van der Waals surface area contributed by atoms with Gasteiger partial charge in [0.1, 0.15) is 23.0 Å². The van der Waals surface area contributed by atoms with Crippen molar-refractivity contribution in [3.05, 3.63) is 35.4 Å². The number of carboxylic acids is 1. The van der Waals surface area contributed by atoms with Crippen LogP contribution in [-0.2, 0) is 7.05 Å². The van der Waals surface area contributed by atoms with Gasteiger partial charge >= 0.3 is 5.97 Å². The minimum absolute atomic E-state index is 0.127. The van der Waals surface area contributed by atoms with Crippen molar-refractivity contribution in [3.8, 4) is 11.3 Å². The number of rotatable bonds is 2. The average Bonchev–Trinajstić information content (AvgIpc) is 2.57. The van der Waals surface area contributed by atoms with Crippen LogP contribution in [0.1, 0.15) is 10.4 Å². The number of nitrogen functional groups attached to an aromatic ring is 1. The molecule has 94 valence electrons. The zero-order valence-corrected chi connectivity index (χ0v) is 9.32. The minimum Gasteiger partial charge on any atom is -0.477 e. The van der Waals surface area contributed by atoms with Crippen LogP contribution >= 0.6 is 0 Å². The molecule has 0 aliphatic carbocycles. The molecular formula is C11H9F2N3O2. The maximum Gasteiger partial charge on any atom is 0.341 e. The molecule has 3 N–H and O–H groups in total. The predicted octanol–water partition coefficient (Wildman–Crippen LogP) is 1.65. The molecule has 0 amide bonds. The molecule has 0 aliphatic rings. The van der Waals surface area contributed by atoms with Crippen molar-refractivity contribution in [2.75, 3.05) is 5.73 Å². The highest BCUT2D eigenvalue weighted by atomic mass is 19.1. The van der Waals surface area contributed by atoms with E-state index in [0.717, 1.165) is 12.1 Å².